The molecule has 0 aliphatic carbocycles. The zero-order chi connectivity index (χ0) is 19.1. The highest BCUT2D eigenvalue weighted by molar-refractivity contribution is 5.70. The van der Waals surface area contributed by atoms with Gasteiger partial charge in [0.1, 0.15) is 11.3 Å². The number of hydrogen-bond acceptors (Lipinski definition) is 5. The highest BCUT2D eigenvalue weighted by Gasteiger charge is 2.52. The summed E-state index contributed by atoms with van der Waals surface area (Å²) in [7, 11) is 0. The fourth-order valence-electron chi connectivity index (χ4n) is 3.60. The van der Waals surface area contributed by atoms with E-state index in [4.69, 9.17) is 14.2 Å². The Morgan fingerprint density at radius 1 is 1.27 bits per heavy atom. The Morgan fingerprint density at radius 2 is 1.92 bits per heavy atom. The molecule has 1 N–H and O–H groups in total. The molecule has 4 atom stereocenters. The van der Waals surface area contributed by atoms with Gasteiger partial charge in [0.05, 0.1) is 31.5 Å². The molecule has 144 valence electrons. The van der Waals surface area contributed by atoms with Crippen LogP contribution in [0.2, 0.25) is 0 Å². The SMILES string of the molecule is CC(C)(C)OC(=O)N1[C@@H]([C@H](O)[C@H]2CO[C@H]2c2ccccc2)COC1(C)C. The summed E-state index contributed by atoms with van der Waals surface area (Å²) < 4.78 is 17.1. The topological polar surface area (TPSA) is 68.2 Å². The molecule has 2 fully saturated rings. The van der Waals surface area contributed by atoms with E-state index in [9.17, 15) is 9.90 Å². The standard InChI is InChI=1S/C20H29NO5/c1-19(2,3)26-18(23)21-15(12-25-20(21,4)5)16(22)14-11-24-17(14)13-9-7-6-8-10-13/h6-10,14-17,22H,11-12H2,1-5H3/t14-,15-,16-,17+/m1/s1. The van der Waals surface area contributed by atoms with Gasteiger partial charge in [-0.1, -0.05) is 30.3 Å². The van der Waals surface area contributed by atoms with E-state index >= 15 is 0 Å². The number of carbonyl (C=O) groups is 1. The van der Waals surface area contributed by atoms with Crippen molar-refractivity contribution in [1.82, 2.24) is 4.90 Å². The predicted molar refractivity (Wildman–Crippen MR) is 96.5 cm³/mol. The molecule has 0 bridgehead atoms. The molecule has 0 saturated carbocycles. The normalized spacial score (nSPS) is 29.2. The molecule has 0 radical (unpaired) electrons. The molecule has 2 saturated heterocycles. The molecule has 26 heavy (non-hydrogen) atoms. The summed E-state index contributed by atoms with van der Waals surface area (Å²) in [5.74, 6) is -0.0927. The first kappa shape index (κ1) is 19.1. The van der Waals surface area contributed by atoms with Gasteiger partial charge >= 0.3 is 6.09 Å². The Bertz CT molecular complexity index is 639. The smallest absolute Gasteiger partial charge is 0.412 e. The Kier molecular flexibility index (Phi) is 5.03. The lowest BCUT2D eigenvalue weighted by Gasteiger charge is -2.44. The van der Waals surface area contributed by atoms with Gasteiger partial charge in [0.25, 0.3) is 0 Å². The molecule has 3 rings (SSSR count). The molecule has 6 heteroatoms. The van der Waals surface area contributed by atoms with Crippen molar-refractivity contribution in [3.8, 4) is 0 Å². The van der Waals surface area contributed by atoms with Gasteiger partial charge in [-0.15, -0.1) is 0 Å². The Morgan fingerprint density at radius 3 is 2.46 bits per heavy atom. The molecular weight excluding hydrogens is 334 g/mol. The molecule has 2 heterocycles. The van der Waals surface area contributed by atoms with E-state index in [2.05, 4.69) is 0 Å². The fraction of sp³-hybridized carbons (Fsp3) is 0.650. The minimum absolute atomic E-state index is 0.0927. The Hall–Kier alpha value is -1.63. The van der Waals surface area contributed by atoms with Crippen molar-refractivity contribution in [1.29, 1.82) is 0 Å². The average Bonchev–Trinajstić information content (AvgIpc) is 2.81. The lowest BCUT2D eigenvalue weighted by atomic mass is 9.83. The van der Waals surface area contributed by atoms with Crippen molar-refractivity contribution in [2.45, 2.75) is 64.2 Å². The molecule has 1 amide bonds. The van der Waals surface area contributed by atoms with E-state index in [-0.39, 0.29) is 18.6 Å². The van der Waals surface area contributed by atoms with Crippen LogP contribution in [-0.2, 0) is 14.2 Å². The van der Waals surface area contributed by atoms with Gasteiger partial charge in [-0.25, -0.2) is 4.79 Å². The van der Waals surface area contributed by atoms with Crippen molar-refractivity contribution >= 4 is 6.09 Å². The number of rotatable bonds is 3. The van der Waals surface area contributed by atoms with Gasteiger partial charge in [0.15, 0.2) is 0 Å². The number of carbonyl (C=O) groups excluding carboxylic acids is 1. The van der Waals surface area contributed by atoms with Gasteiger partial charge in [-0.2, -0.15) is 0 Å². The molecular formula is C20H29NO5. The number of aliphatic hydroxyl groups excluding tert-OH is 1. The highest BCUT2D eigenvalue weighted by atomic mass is 16.6. The number of benzene rings is 1. The van der Waals surface area contributed by atoms with Crippen LogP contribution >= 0.6 is 0 Å². The summed E-state index contributed by atoms with van der Waals surface area (Å²) in [4.78, 5) is 14.3. The second-order valence-electron chi connectivity index (χ2n) is 8.49. The van der Waals surface area contributed by atoms with E-state index in [1.165, 1.54) is 4.90 Å². The Balaban J connectivity index is 1.77. The van der Waals surface area contributed by atoms with E-state index in [1.807, 2.05) is 65.0 Å². The van der Waals surface area contributed by atoms with Crippen LogP contribution in [0, 0.1) is 5.92 Å². The van der Waals surface area contributed by atoms with E-state index < -0.39 is 29.6 Å². The van der Waals surface area contributed by atoms with Crippen LogP contribution in [0.1, 0.15) is 46.3 Å². The van der Waals surface area contributed by atoms with Crippen molar-refractivity contribution in [2.24, 2.45) is 5.92 Å². The third-order valence-electron chi connectivity index (χ3n) is 4.93. The third-order valence-corrected chi connectivity index (χ3v) is 4.93. The minimum atomic E-state index is -0.833. The van der Waals surface area contributed by atoms with Gasteiger partial charge in [-0.3, -0.25) is 4.90 Å². The van der Waals surface area contributed by atoms with Gasteiger partial charge in [0.2, 0.25) is 0 Å². The Labute approximate surface area is 155 Å². The van der Waals surface area contributed by atoms with E-state index in [0.717, 1.165) is 5.56 Å². The highest BCUT2D eigenvalue weighted by Crippen LogP contribution is 2.41. The van der Waals surface area contributed by atoms with Gasteiger partial charge in [-0.05, 0) is 40.2 Å². The number of amides is 1. The fourth-order valence-corrected chi connectivity index (χ4v) is 3.60. The second kappa shape index (κ2) is 6.83. The number of ether oxygens (including phenoxy) is 3. The number of aliphatic hydroxyl groups is 1. The molecule has 2 aliphatic heterocycles. The molecule has 0 unspecified atom stereocenters. The summed E-state index contributed by atoms with van der Waals surface area (Å²) >= 11 is 0. The second-order valence-corrected chi connectivity index (χ2v) is 8.49. The summed E-state index contributed by atoms with van der Waals surface area (Å²) in [5, 5.41) is 11.0. The van der Waals surface area contributed by atoms with Crippen molar-refractivity contribution in [3.05, 3.63) is 35.9 Å². The molecule has 2 aliphatic rings. The van der Waals surface area contributed by atoms with Gasteiger partial charge in [0, 0.05) is 5.92 Å². The van der Waals surface area contributed by atoms with Crippen molar-refractivity contribution < 1.29 is 24.1 Å². The maximum atomic E-state index is 12.8. The summed E-state index contributed by atoms with van der Waals surface area (Å²) in [6.45, 7) is 9.83. The zero-order valence-electron chi connectivity index (χ0n) is 16.1. The summed E-state index contributed by atoms with van der Waals surface area (Å²) in [5.41, 5.74) is -0.414. The first-order valence-electron chi connectivity index (χ1n) is 9.11. The van der Waals surface area contributed by atoms with Crippen LogP contribution in [0.15, 0.2) is 30.3 Å². The molecule has 1 aromatic carbocycles. The van der Waals surface area contributed by atoms with E-state index in [1.54, 1.807) is 0 Å². The predicted octanol–water partition coefficient (Wildman–Crippen LogP) is 3.11. The van der Waals surface area contributed by atoms with Crippen LogP contribution < -0.4 is 0 Å². The maximum absolute atomic E-state index is 12.8. The molecule has 1 aromatic rings. The number of hydrogen-bond donors (Lipinski definition) is 1. The largest absolute Gasteiger partial charge is 0.444 e. The third kappa shape index (κ3) is 3.72. The lowest BCUT2D eigenvalue weighted by molar-refractivity contribution is -0.173. The van der Waals surface area contributed by atoms with Crippen molar-refractivity contribution in [3.63, 3.8) is 0 Å². The average molecular weight is 363 g/mol. The minimum Gasteiger partial charge on any atom is -0.444 e. The summed E-state index contributed by atoms with van der Waals surface area (Å²) in [6, 6.07) is 9.37. The van der Waals surface area contributed by atoms with Gasteiger partial charge < -0.3 is 19.3 Å². The van der Waals surface area contributed by atoms with E-state index in [0.29, 0.717) is 6.61 Å². The summed E-state index contributed by atoms with van der Waals surface area (Å²) in [6.07, 6.45) is -1.40. The van der Waals surface area contributed by atoms with Crippen LogP contribution in [0.3, 0.4) is 0 Å². The lowest BCUT2D eigenvalue weighted by Crippen LogP contribution is -2.57. The first-order valence-corrected chi connectivity index (χ1v) is 9.11. The first-order chi connectivity index (χ1) is 12.1. The number of nitrogens with zero attached hydrogens (tertiary/aromatic N) is 1. The van der Waals surface area contributed by atoms with Crippen LogP contribution in [0.5, 0.6) is 0 Å². The van der Waals surface area contributed by atoms with Crippen molar-refractivity contribution in [2.75, 3.05) is 13.2 Å². The van der Waals surface area contributed by atoms with Crippen LogP contribution in [0.25, 0.3) is 0 Å². The zero-order valence-corrected chi connectivity index (χ0v) is 16.1. The van der Waals surface area contributed by atoms with Crippen LogP contribution in [-0.4, -0.2) is 52.8 Å². The molecule has 0 aromatic heterocycles. The quantitative estimate of drug-likeness (QED) is 0.894. The monoisotopic (exact) mass is 363 g/mol. The molecule has 6 nitrogen and oxygen atoms in total. The van der Waals surface area contributed by atoms with Crippen LogP contribution in [0.4, 0.5) is 4.79 Å². The maximum Gasteiger partial charge on any atom is 0.412 e. The molecule has 0 spiro atoms.